The second kappa shape index (κ2) is 5.36. The summed E-state index contributed by atoms with van der Waals surface area (Å²) in [5.41, 5.74) is 1.75. The number of nitrogens with one attached hydrogen (secondary N) is 2. The second-order valence-electron chi connectivity index (χ2n) is 4.74. The molecule has 0 bridgehead atoms. The Morgan fingerprint density at radius 1 is 1.37 bits per heavy atom. The minimum atomic E-state index is 0.496. The predicted octanol–water partition coefficient (Wildman–Crippen LogP) is 0.855. The summed E-state index contributed by atoms with van der Waals surface area (Å²) in [5, 5.41) is 18.7. The van der Waals surface area contributed by atoms with Crippen molar-refractivity contribution >= 4 is 5.82 Å². The molecule has 6 nitrogen and oxygen atoms in total. The van der Waals surface area contributed by atoms with E-state index in [-0.39, 0.29) is 0 Å². The molecule has 3 rings (SSSR count). The summed E-state index contributed by atoms with van der Waals surface area (Å²) < 4.78 is 0. The van der Waals surface area contributed by atoms with Crippen molar-refractivity contribution < 1.29 is 0 Å². The Kier molecular flexibility index (Phi) is 3.41. The van der Waals surface area contributed by atoms with Crippen molar-refractivity contribution in [2.24, 2.45) is 0 Å². The third kappa shape index (κ3) is 2.44. The Bertz CT molecular complexity index is 518. The minimum absolute atomic E-state index is 0.496. The number of H-pyrrole nitrogens is 1. The van der Waals surface area contributed by atoms with Crippen LogP contribution >= 0.6 is 0 Å². The fourth-order valence-corrected chi connectivity index (χ4v) is 2.50. The molecule has 0 unspecified atom stereocenters. The van der Waals surface area contributed by atoms with E-state index in [0.29, 0.717) is 6.04 Å². The molecule has 1 radical (unpaired) electrons. The van der Waals surface area contributed by atoms with Crippen LogP contribution in [0.3, 0.4) is 0 Å². The first-order chi connectivity index (χ1) is 9.36. The molecular formula is C13H17N6. The van der Waals surface area contributed by atoms with Crippen molar-refractivity contribution in [1.82, 2.24) is 25.7 Å². The largest absolute Gasteiger partial charge is 0.355 e. The zero-order valence-corrected chi connectivity index (χ0v) is 10.9. The molecule has 3 heterocycles. The number of aromatic amines is 1. The lowest BCUT2D eigenvalue weighted by atomic mass is 10.0. The molecule has 0 spiro atoms. The average molecular weight is 257 g/mol. The Hall–Kier alpha value is -1.95. The van der Waals surface area contributed by atoms with Crippen LogP contribution in [0.5, 0.6) is 0 Å². The van der Waals surface area contributed by atoms with Crippen LogP contribution in [0.25, 0.3) is 11.3 Å². The topological polar surface area (TPSA) is 69.7 Å². The summed E-state index contributed by atoms with van der Waals surface area (Å²) in [5.74, 6) is 0.873. The van der Waals surface area contributed by atoms with Gasteiger partial charge in [-0.2, -0.15) is 10.2 Å². The van der Waals surface area contributed by atoms with Crippen LogP contribution in [-0.2, 0) is 0 Å². The van der Waals surface area contributed by atoms with Crippen molar-refractivity contribution in [1.29, 1.82) is 0 Å². The Morgan fingerprint density at radius 3 is 2.95 bits per heavy atom. The van der Waals surface area contributed by atoms with Crippen LogP contribution in [0.15, 0.2) is 18.5 Å². The Balaban J connectivity index is 1.91. The maximum absolute atomic E-state index is 4.29. The van der Waals surface area contributed by atoms with Crippen molar-refractivity contribution in [3.8, 4) is 11.3 Å². The van der Waals surface area contributed by atoms with Gasteiger partial charge in [-0.25, -0.2) is 0 Å². The van der Waals surface area contributed by atoms with Gasteiger partial charge in [-0.05, 0) is 32.0 Å². The monoisotopic (exact) mass is 257 g/mol. The molecular weight excluding hydrogens is 240 g/mol. The van der Waals surface area contributed by atoms with Gasteiger partial charge in [0.25, 0.3) is 0 Å². The van der Waals surface area contributed by atoms with Gasteiger partial charge in [0, 0.05) is 30.9 Å². The molecule has 2 aromatic rings. The van der Waals surface area contributed by atoms with E-state index >= 15 is 0 Å². The van der Waals surface area contributed by atoms with E-state index in [1.54, 1.807) is 12.4 Å². The van der Waals surface area contributed by atoms with Gasteiger partial charge in [-0.1, -0.05) is 0 Å². The van der Waals surface area contributed by atoms with Crippen LogP contribution in [0, 0.1) is 6.07 Å². The van der Waals surface area contributed by atoms with Crippen molar-refractivity contribution in [2.45, 2.75) is 18.9 Å². The summed E-state index contributed by atoms with van der Waals surface area (Å²) in [4.78, 5) is 2.21. The van der Waals surface area contributed by atoms with Gasteiger partial charge in [0.1, 0.15) is 5.69 Å². The van der Waals surface area contributed by atoms with Gasteiger partial charge in [-0.15, -0.1) is 5.10 Å². The van der Waals surface area contributed by atoms with Crippen LogP contribution in [0.2, 0.25) is 0 Å². The number of aromatic nitrogens is 4. The van der Waals surface area contributed by atoms with E-state index in [4.69, 9.17) is 0 Å². The normalized spacial score (nSPS) is 16.5. The van der Waals surface area contributed by atoms with Gasteiger partial charge in [0.2, 0.25) is 0 Å². The first kappa shape index (κ1) is 12.1. The quantitative estimate of drug-likeness (QED) is 0.853. The molecule has 1 aliphatic heterocycles. The van der Waals surface area contributed by atoms with Gasteiger partial charge >= 0.3 is 0 Å². The predicted molar refractivity (Wildman–Crippen MR) is 72.7 cm³/mol. The van der Waals surface area contributed by atoms with Crippen LogP contribution in [0.4, 0.5) is 5.82 Å². The van der Waals surface area contributed by atoms with E-state index < -0.39 is 0 Å². The number of rotatable bonds is 3. The fraction of sp³-hybridized carbons (Fsp3) is 0.462. The van der Waals surface area contributed by atoms with Crippen molar-refractivity contribution in [3.05, 3.63) is 24.5 Å². The van der Waals surface area contributed by atoms with E-state index in [0.717, 1.165) is 43.0 Å². The van der Waals surface area contributed by atoms with Gasteiger partial charge in [-0.3, -0.25) is 5.10 Å². The molecule has 99 valence electrons. The third-order valence-corrected chi connectivity index (χ3v) is 3.60. The van der Waals surface area contributed by atoms with Gasteiger partial charge in [0.15, 0.2) is 5.82 Å². The van der Waals surface area contributed by atoms with Crippen molar-refractivity contribution in [2.75, 3.05) is 25.0 Å². The lowest BCUT2D eigenvalue weighted by Crippen LogP contribution is -2.41. The summed E-state index contributed by atoms with van der Waals surface area (Å²) in [7, 11) is 2.08. The highest BCUT2D eigenvalue weighted by molar-refractivity contribution is 5.72. The number of piperidine rings is 1. The number of nitrogens with zero attached hydrogens (tertiary/aromatic N) is 4. The smallest absolute Gasteiger partial charge is 0.160 e. The zero-order chi connectivity index (χ0) is 13.1. The molecule has 1 fully saturated rings. The van der Waals surface area contributed by atoms with E-state index in [9.17, 15) is 0 Å². The number of anilines is 1. The molecule has 1 aliphatic rings. The minimum Gasteiger partial charge on any atom is -0.355 e. The number of hydrogen-bond donors (Lipinski definition) is 2. The van der Waals surface area contributed by atoms with E-state index in [1.807, 2.05) is 6.07 Å². The molecule has 19 heavy (non-hydrogen) atoms. The molecule has 6 heteroatoms. The highest BCUT2D eigenvalue weighted by Crippen LogP contribution is 2.28. The van der Waals surface area contributed by atoms with Crippen LogP contribution in [0.1, 0.15) is 12.8 Å². The molecule has 0 amide bonds. The van der Waals surface area contributed by atoms with Gasteiger partial charge in [0.05, 0.1) is 6.20 Å². The first-order valence-corrected chi connectivity index (χ1v) is 6.53. The molecule has 0 atom stereocenters. The second-order valence-corrected chi connectivity index (χ2v) is 4.74. The highest BCUT2D eigenvalue weighted by atomic mass is 15.3. The molecule has 0 aliphatic carbocycles. The molecule has 2 aromatic heterocycles. The molecule has 0 aromatic carbocycles. The van der Waals surface area contributed by atoms with E-state index in [1.165, 1.54) is 0 Å². The summed E-state index contributed by atoms with van der Waals surface area (Å²) in [6, 6.07) is 5.51. The standard InChI is InChI=1S/C13H17N6/c1-19(10-2-6-14-7-3-10)13-11(4-8-16-18-13)12-5-9-15-17-12/h4,8-10,14H,2-3,6-7H2,1H3,(H,15,17). The van der Waals surface area contributed by atoms with Crippen LogP contribution in [-0.4, -0.2) is 46.6 Å². The molecule has 2 N–H and O–H groups in total. The SMILES string of the molecule is CN(c1nnccc1-c1[c]c[nH]n1)C1CCNCC1. The summed E-state index contributed by atoms with van der Waals surface area (Å²) >= 11 is 0. The Morgan fingerprint density at radius 2 is 2.21 bits per heavy atom. The molecule has 1 saturated heterocycles. The zero-order valence-electron chi connectivity index (χ0n) is 10.9. The number of hydrogen-bond acceptors (Lipinski definition) is 5. The fourth-order valence-electron chi connectivity index (χ4n) is 2.50. The maximum Gasteiger partial charge on any atom is 0.160 e. The average Bonchev–Trinajstić information content (AvgIpc) is 3.01. The third-order valence-electron chi connectivity index (χ3n) is 3.60. The first-order valence-electron chi connectivity index (χ1n) is 6.53. The van der Waals surface area contributed by atoms with Crippen LogP contribution < -0.4 is 10.2 Å². The molecule has 0 saturated carbocycles. The summed E-state index contributed by atoms with van der Waals surface area (Å²) in [6.45, 7) is 2.11. The highest BCUT2D eigenvalue weighted by Gasteiger charge is 2.22. The van der Waals surface area contributed by atoms with Gasteiger partial charge < -0.3 is 10.2 Å². The lowest BCUT2D eigenvalue weighted by Gasteiger charge is -2.32. The maximum atomic E-state index is 4.29. The lowest BCUT2D eigenvalue weighted by molar-refractivity contribution is 0.441. The van der Waals surface area contributed by atoms with Crippen molar-refractivity contribution in [3.63, 3.8) is 0 Å². The Labute approximate surface area is 112 Å². The van der Waals surface area contributed by atoms with E-state index in [2.05, 4.69) is 43.7 Å². The summed E-state index contributed by atoms with van der Waals surface area (Å²) in [6.07, 6.45) is 5.63.